The van der Waals surface area contributed by atoms with Crippen molar-refractivity contribution >= 4 is 17.3 Å². The Balaban J connectivity index is 1.56. The third kappa shape index (κ3) is 1.60. The zero-order valence-corrected chi connectivity index (χ0v) is 13.5. The summed E-state index contributed by atoms with van der Waals surface area (Å²) < 4.78 is 10.9. The van der Waals surface area contributed by atoms with Gasteiger partial charge in [0.1, 0.15) is 35.3 Å². The Morgan fingerprint density at radius 3 is 2.43 bits per heavy atom. The van der Waals surface area contributed by atoms with Gasteiger partial charge in [-0.2, -0.15) is 15.3 Å². The van der Waals surface area contributed by atoms with E-state index in [0.29, 0.717) is 40.4 Å². The lowest BCUT2D eigenvalue weighted by molar-refractivity contribution is 0.242. The monoisotopic (exact) mass is 333 g/mol. The number of halogens is 1. The molecular weight excluding hydrogens is 318 g/mol. The number of rotatable bonds is 3. The van der Waals surface area contributed by atoms with Crippen LogP contribution in [0, 0.1) is 11.8 Å². The van der Waals surface area contributed by atoms with E-state index >= 15 is 0 Å². The molecule has 0 unspecified atom stereocenters. The topological polar surface area (TPSA) is 71.1 Å². The van der Waals surface area contributed by atoms with Gasteiger partial charge in [-0.15, -0.1) is 0 Å². The highest BCUT2D eigenvalue weighted by atomic mass is 35.5. The molecule has 120 valence electrons. The highest BCUT2D eigenvalue weighted by molar-refractivity contribution is 6.32. The van der Waals surface area contributed by atoms with Crippen LogP contribution >= 0.6 is 11.6 Å². The average molecular weight is 334 g/mol. The van der Waals surface area contributed by atoms with Crippen LogP contribution < -0.4 is 14.5 Å². The molecule has 2 aliphatic carbocycles. The summed E-state index contributed by atoms with van der Waals surface area (Å²) in [4.78, 5) is 0. The summed E-state index contributed by atoms with van der Waals surface area (Å²) in [6.45, 7) is 0. The van der Waals surface area contributed by atoms with E-state index in [9.17, 15) is 0 Å². The predicted octanol–water partition coefficient (Wildman–Crippen LogP) is 3.13. The minimum Gasteiger partial charge on any atom is -0.495 e. The molecule has 1 aromatic rings. The molecule has 2 bridgehead atoms. The Morgan fingerprint density at radius 2 is 1.74 bits per heavy atom. The summed E-state index contributed by atoms with van der Waals surface area (Å²) in [5.41, 5.74) is 0.838. The van der Waals surface area contributed by atoms with Crippen LogP contribution in [0.25, 0.3) is 0 Å². The molecule has 0 amide bonds. The first-order valence-corrected chi connectivity index (χ1v) is 8.12. The molecule has 6 atom stereocenters. The highest BCUT2D eigenvalue weighted by Crippen LogP contribution is 2.57. The number of ether oxygens (including phenoxy) is 2. The van der Waals surface area contributed by atoms with Crippen LogP contribution in [0.1, 0.15) is 6.42 Å². The van der Waals surface area contributed by atoms with E-state index in [2.05, 4.69) is 20.6 Å². The molecule has 8 heteroatoms. The van der Waals surface area contributed by atoms with E-state index in [1.165, 1.54) is 0 Å². The molecule has 4 aliphatic rings. The number of azo groups is 1. The minimum absolute atomic E-state index is 0.201. The van der Waals surface area contributed by atoms with Gasteiger partial charge in [-0.3, -0.25) is 0 Å². The summed E-state index contributed by atoms with van der Waals surface area (Å²) in [7, 11) is 3.23. The molecule has 0 aromatic heterocycles. The van der Waals surface area contributed by atoms with Gasteiger partial charge in [-0.1, -0.05) is 16.8 Å². The largest absolute Gasteiger partial charge is 0.495 e. The summed E-state index contributed by atoms with van der Waals surface area (Å²) in [5, 5.41) is 20.1. The van der Waals surface area contributed by atoms with Gasteiger partial charge >= 0.3 is 0 Å². The van der Waals surface area contributed by atoms with Gasteiger partial charge in [0.2, 0.25) is 0 Å². The van der Waals surface area contributed by atoms with Gasteiger partial charge in [0.05, 0.1) is 25.3 Å². The summed E-state index contributed by atoms with van der Waals surface area (Å²) in [6, 6.07) is 4.76. The van der Waals surface area contributed by atoms with Crippen molar-refractivity contribution in [1.29, 1.82) is 0 Å². The van der Waals surface area contributed by atoms with Crippen molar-refractivity contribution in [2.75, 3.05) is 19.2 Å². The molecule has 2 fully saturated rings. The van der Waals surface area contributed by atoms with E-state index in [0.717, 1.165) is 12.1 Å². The highest BCUT2D eigenvalue weighted by Gasteiger charge is 2.65. The number of fused-ring (bicyclic) bond motifs is 8. The Labute approximate surface area is 138 Å². The van der Waals surface area contributed by atoms with E-state index in [1.807, 2.05) is 11.1 Å². The second-order valence-corrected chi connectivity index (χ2v) is 6.87. The van der Waals surface area contributed by atoms with Crippen LogP contribution in [0.3, 0.4) is 0 Å². The SMILES string of the molecule is COc1cc(N2N=N[C@H]3[C@H]4C[C@H]([C@@H]5N=N[C@H]45)[C@H]32)c(OC)cc1Cl. The number of hydrogen-bond acceptors (Lipinski definition) is 7. The van der Waals surface area contributed by atoms with Gasteiger partial charge in [0.25, 0.3) is 0 Å². The minimum atomic E-state index is 0.201. The van der Waals surface area contributed by atoms with Crippen molar-refractivity contribution in [2.45, 2.75) is 30.6 Å². The zero-order chi connectivity index (χ0) is 15.7. The molecule has 2 saturated carbocycles. The lowest BCUT2D eigenvalue weighted by Gasteiger charge is -2.38. The molecule has 1 aromatic carbocycles. The van der Waals surface area contributed by atoms with Crippen LogP contribution in [0.4, 0.5) is 5.69 Å². The molecule has 2 aliphatic heterocycles. The molecular formula is C15H16ClN5O2. The Bertz CT molecular complexity index is 739. The maximum absolute atomic E-state index is 6.21. The first-order valence-electron chi connectivity index (χ1n) is 7.74. The second kappa shape index (κ2) is 4.56. The van der Waals surface area contributed by atoms with Crippen molar-refractivity contribution < 1.29 is 9.47 Å². The number of nitrogens with zero attached hydrogens (tertiary/aromatic N) is 5. The van der Waals surface area contributed by atoms with Gasteiger partial charge in [0, 0.05) is 24.0 Å². The fourth-order valence-electron chi connectivity index (χ4n) is 4.57. The molecule has 0 saturated heterocycles. The van der Waals surface area contributed by atoms with E-state index in [-0.39, 0.29) is 12.1 Å². The van der Waals surface area contributed by atoms with Crippen molar-refractivity contribution in [3.8, 4) is 11.5 Å². The van der Waals surface area contributed by atoms with E-state index in [4.69, 9.17) is 21.1 Å². The van der Waals surface area contributed by atoms with Gasteiger partial charge < -0.3 is 9.47 Å². The third-order valence-electron chi connectivity index (χ3n) is 5.60. The predicted molar refractivity (Wildman–Crippen MR) is 83.5 cm³/mol. The van der Waals surface area contributed by atoms with Gasteiger partial charge in [0.15, 0.2) is 0 Å². The Kier molecular flexibility index (Phi) is 2.69. The summed E-state index contributed by atoms with van der Waals surface area (Å²) in [6.07, 6.45) is 1.13. The standard InChI is InChI=1S/C15H16ClN5O2/c1-22-10-5-9(11(23-2)4-8(10)16)21-15-7-3-6(14(15)19-20-21)12-13(7)18-17-12/h4-7,12-15H,3H2,1-2H3/t6-,7+,12+,13-,14-,15+/m0/s1. The molecule has 0 N–H and O–H groups in total. The number of benzene rings is 1. The van der Waals surface area contributed by atoms with Crippen molar-refractivity contribution in [3.63, 3.8) is 0 Å². The van der Waals surface area contributed by atoms with Crippen molar-refractivity contribution in [2.24, 2.45) is 32.4 Å². The Morgan fingerprint density at radius 1 is 1.00 bits per heavy atom. The number of anilines is 1. The third-order valence-corrected chi connectivity index (χ3v) is 5.89. The van der Waals surface area contributed by atoms with Gasteiger partial charge in [-0.25, -0.2) is 5.01 Å². The molecule has 0 spiro atoms. The summed E-state index contributed by atoms with van der Waals surface area (Å²) in [5.74, 6) is 2.20. The smallest absolute Gasteiger partial charge is 0.145 e. The number of hydrogen-bond donors (Lipinski definition) is 0. The maximum Gasteiger partial charge on any atom is 0.145 e. The molecule has 2 heterocycles. The first-order chi connectivity index (χ1) is 11.2. The van der Waals surface area contributed by atoms with Gasteiger partial charge in [-0.05, 0) is 6.42 Å². The van der Waals surface area contributed by atoms with Crippen LogP contribution in [0.5, 0.6) is 11.5 Å². The molecule has 7 nitrogen and oxygen atoms in total. The molecule has 23 heavy (non-hydrogen) atoms. The summed E-state index contributed by atoms with van der Waals surface area (Å²) >= 11 is 6.21. The van der Waals surface area contributed by atoms with E-state index in [1.54, 1.807) is 20.3 Å². The maximum atomic E-state index is 6.21. The lowest BCUT2D eigenvalue weighted by Crippen LogP contribution is -2.52. The fraction of sp³-hybridized carbons (Fsp3) is 0.600. The fourth-order valence-corrected chi connectivity index (χ4v) is 4.80. The lowest BCUT2D eigenvalue weighted by atomic mass is 9.82. The Hall–Kier alpha value is -1.89. The van der Waals surface area contributed by atoms with Crippen LogP contribution in [0.15, 0.2) is 32.7 Å². The number of methoxy groups -OCH3 is 2. The first kappa shape index (κ1) is 13.5. The second-order valence-electron chi connectivity index (χ2n) is 6.46. The van der Waals surface area contributed by atoms with Crippen molar-refractivity contribution in [1.82, 2.24) is 0 Å². The van der Waals surface area contributed by atoms with Crippen LogP contribution in [-0.2, 0) is 0 Å². The molecule has 0 radical (unpaired) electrons. The van der Waals surface area contributed by atoms with E-state index < -0.39 is 0 Å². The van der Waals surface area contributed by atoms with Crippen LogP contribution in [-0.4, -0.2) is 38.4 Å². The van der Waals surface area contributed by atoms with Crippen molar-refractivity contribution in [3.05, 3.63) is 17.2 Å². The quantitative estimate of drug-likeness (QED) is 0.853. The zero-order valence-electron chi connectivity index (χ0n) is 12.8. The normalized spacial score (nSPS) is 38.5. The molecule has 5 rings (SSSR count). The average Bonchev–Trinajstić information content (AvgIpc) is 3.15. The van der Waals surface area contributed by atoms with Crippen LogP contribution in [0.2, 0.25) is 5.02 Å².